The average molecular weight is 465 g/mol. The van der Waals surface area contributed by atoms with E-state index >= 15 is 0 Å². The van der Waals surface area contributed by atoms with Crippen LogP contribution in [0, 0.1) is 6.92 Å². The Hall–Kier alpha value is -3.36. The number of piperazine rings is 1. The van der Waals surface area contributed by atoms with Crippen molar-refractivity contribution in [1.29, 1.82) is 0 Å². The van der Waals surface area contributed by atoms with Crippen molar-refractivity contribution in [2.75, 3.05) is 48.2 Å². The van der Waals surface area contributed by atoms with E-state index in [1.165, 1.54) is 0 Å². The summed E-state index contributed by atoms with van der Waals surface area (Å²) in [7, 11) is -1.56. The maximum absolute atomic E-state index is 12.6. The van der Waals surface area contributed by atoms with Gasteiger partial charge in [0.25, 0.3) is 15.9 Å². The van der Waals surface area contributed by atoms with Crippen molar-refractivity contribution in [3.05, 3.63) is 83.9 Å². The number of hydrogen-bond donors (Lipinski definition) is 2. The van der Waals surface area contributed by atoms with E-state index in [0.717, 1.165) is 37.4 Å². The first-order chi connectivity index (χ1) is 15.8. The second kappa shape index (κ2) is 9.64. The van der Waals surface area contributed by atoms with Gasteiger partial charge < -0.3 is 15.1 Å². The Balaban J connectivity index is 1.37. The van der Waals surface area contributed by atoms with E-state index in [1.807, 2.05) is 31.2 Å². The van der Waals surface area contributed by atoms with Gasteiger partial charge >= 0.3 is 0 Å². The highest BCUT2D eigenvalue weighted by Crippen LogP contribution is 2.21. The number of nitrogens with one attached hydrogen (secondary N) is 2. The smallest absolute Gasteiger partial charge is 0.261 e. The third-order valence-electron chi connectivity index (χ3n) is 5.72. The van der Waals surface area contributed by atoms with Crippen LogP contribution in [0.5, 0.6) is 0 Å². The standard InChI is InChI=1S/C25H28N4O3S/c1-19-3-13-24(14-4-19)33(31,32)27-22-7-5-20(6-8-22)25(30)26-21-9-11-23(12-10-21)29-17-15-28(2)16-18-29/h3-14,27H,15-18H2,1-2H3,(H,26,30). The zero-order chi connectivity index (χ0) is 23.4. The second-order valence-electron chi connectivity index (χ2n) is 8.29. The number of carbonyl (C=O) groups is 1. The predicted octanol–water partition coefficient (Wildman–Crippen LogP) is 3.80. The first kappa shape index (κ1) is 22.8. The molecule has 0 spiro atoms. The van der Waals surface area contributed by atoms with Crippen LogP contribution >= 0.6 is 0 Å². The van der Waals surface area contributed by atoms with Crippen LogP contribution in [0.25, 0.3) is 0 Å². The number of nitrogens with zero attached hydrogens (tertiary/aromatic N) is 2. The molecular formula is C25H28N4O3S. The Morgan fingerprint density at radius 2 is 1.36 bits per heavy atom. The lowest BCUT2D eigenvalue weighted by molar-refractivity contribution is 0.102. The van der Waals surface area contributed by atoms with Crippen LogP contribution in [0.15, 0.2) is 77.7 Å². The molecule has 0 radical (unpaired) electrons. The Bertz CT molecular complexity index is 1200. The monoisotopic (exact) mass is 464 g/mol. The quantitative estimate of drug-likeness (QED) is 0.580. The van der Waals surface area contributed by atoms with Crippen molar-refractivity contribution < 1.29 is 13.2 Å². The molecule has 7 nitrogen and oxygen atoms in total. The molecule has 2 N–H and O–H groups in total. The molecule has 0 unspecified atom stereocenters. The van der Waals surface area contributed by atoms with Gasteiger partial charge in [-0.25, -0.2) is 8.42 Å². The molecule has 172 valence electrons. The largest absolute Gasteiger partial charge is 0.369 e. The van der Waals surface area contributed by atoms with Crippen molar-refractivity contribution in [1.82, 2.24) is 4.90 Å². The topological polar surface area (TPSA) is 81.7 Å². The SMILES string of the molecule is Cc1ccc(S(=O)(=O)Nc2ccc(C(=O)Nc3ccc(N4CCN(C)CC4)cc3)cc2)cc1. The number of amides is 1. The van der Waals surface area contributed by atoms with Crippen LogP contribution in [0.3, 0.4) is 0 Å². The maximum atomic E-state index is 12.6. The van der Waals surface area contributed by atoms with E-state index < -0.39 is 10.0 Å². The molecule has 4 rings (SSSR count). The summed E-state index contributed by atoms with van der Waals surface area (Å²) in [5, 5.41) is 2.89. The van der Waals surface area contributed by atoms with E-state index in [1.54, 1.807) is 48.5 Å². The lowest BCUT2D eigenvalue weighted by Crippen LogP contribution is -2.44. The number of hydrogen-bond acceptors (Lipinski definition) is 5. The molecule has 0 saturated carbocycles. The van der Waals surface area contributed by atoms with Crippen molar-refractivity contribution in [3.8, 4) is 0 Å². The van der Waals surface area contributed by atoms with E-state index in [2.05, 4.69) is 26.9 Å². The minimum atomic E-state index is -3.69. The minimum absolute atomic E-state index is 0.190. The van der Waals surface area contributed by atoms with Crippen LogP contribution in [-0.4, -0.2) is 52.5 Å². The van der Waals surface area contributed by atoms with Gasteiger partial charge in [0.1, 0.15) is 0 Å². The number of sulfonamides is 1. The van der Waals surface area contributed by atoms with Crippen molar-refractivity contribution >= 4 is 33.0 Å². The number of likely N-dealkylation sites (N-methyl/N-ethyl adjacent to an activating group) is 1. The molecule has 33 heavy (non-hydrogen) atoms. The van der Waals surface area contributed by atoms with Gasteiger partial charge in [0.05, 0.1) is 4.90 Å². The predicted molar refractivity (Wildman–Crippen MR) is 133 cm³/mol. The minimum Gasteiger partial charge on any atom is -0.369 e. The van der Waals surface area contributed by atoms with Gasteiger partial charge in [-0.3, -0.25) is 9.52 Å². The normalized spacial score (nSPS) is 14.7. The van der Waals surface area contributed by atoms with Gasteiger partial charge in [-0.2, -0.15) is 0 Å². The van der Waals surface area contributed by atoms with Crippen LogP contribution in [0.1, 0.15) is 15.9 Å². The van der Waals surface area contributed by atoms with E-state index in [9.17, 15) is 13.2 Å². The van der Waals surface area contributed by atoms with Crippen molar-refractivity contribution in [2.45, 2.75) is 11.8 Å². The Morgan fingerprint density at radius 1 is 0.788 bits per heavy atom. The Morgan fingerprint density at radius 3 is 1.97 bits per heavy atom. The summed E-state index contributed by atoms with van der Waals surface area (Å²) in [6.07, 6.45) is 0. The Labute approximate surface area is 195 Å². The molecule has 1 heterocycles. The molecule has 0 bridgehead atoms. The second-order valence-corrected chi connectivity index (χ2v) is 9.97. The molecule has 1 amide bonds. The van der Waals surface area contributed by atoms with Gasteiger partial charge in [0, 0.05) is 48.8 Å². The molecule has 0 aliphatic carbocycles. The highest BCUT2D eigenvalue weighted by Gasteiger charge is 2.16. The molecule has 8 heteroatoms. The van der Waals surface area contributed by atoms with Gasteiger partial charge in [-0.05, 0) is 74.6 Å². The summed E-state index contributed by atoms with van der Waals surface area (Å²) in [5.74, 6) is -0.254. The van der Waals surface area contributed by atoms with E-state index in [4.69, 9.17) is 0 Å². The molecule has 0 atom stereocenters. The summed E-state index contributed by atoms with van der Waals surface area (Å²) in [6.45, 7) is 5.95. The fourth-order valence-electron chi connectivity index (χ4n) is 3.64. The molecule has 3 aromatic carbocycles. The zero-order valence-electron chi connectivity index (χ0n) is 18.8. The summed E-state index contributed by atoms with van der Waals surface area (Å²) in [6, 6.07) is 20.8. The van der Waals surface area contributed by atoms with E-state index in [-0.39, 0.29) is 10.8 Å². The molecule has 0 aromatic heterocycles. The third kappa shape index (κ3) is 5.71. The van der Waals surface area contributed by atoms with Crippen molar-refractivity contribution in [2.24, 2.45) is 0 Å². The Kier molecular flexibility index (Phi) is 6.67. The lowest BCUT2D eigenvalue weighted by atomic mass is 10.2. The molecule has 1 saturated heterocycles. The number of anilines is 3. The number of aryl methyl sites for hydroxylation is 1. The highest BCUT2D eigenvalue weighted by atomic mass is 32.2. The van der Waals surface area contributed by atoms with E-state index in [0.29, 0.717) is 16.9 Å². The number of rotatable bonds is 6. The highest BCUT2D eigenvalue weighted by molar-refractivity contribution is 7.92. The summed E-state index contributed by atoms with van der Waals surface area (Å²) in [5.41, 5.74) is 3.67. The van der Waals surface area contributed by atoms with Crippen LogP contribution < -0.4 is 14.9 Å². The molecule has 1 fully saturated rings. The summed E-state index contributed by atoms with van der Waals surface area (Å²) >= 11 is 0. The first-order valence-electron chi connectivity index (χ1n) is 10.8. The van der Waals surface area contributed by atoms with Gasteiger partial charge in [-0.15, -0.1) is 0 Å². The van der Waals surface area contributed by atoms with Gasteiger partial charge in [0.15, 0.2) is 0 Å². The van der Waals surface area contributed by atoms with Crippen molar-refractivity contribution in [3.63, 3.8) is 0 Å². The number of benzene rings is 3. The average Bonchev–Trinajstić information content (AvgIpc) is 2.81. The number of carbonyl (C=O) groups excluding carboxylic acids is 1. The molecule has 1 aliphatic heterocycles. The lowest BCUT2D eigenvalue weighted by Gasteiger charge is -2.34. The zero-order valence-corrected chi connectivity index (χ0v) is 19.6. The van der Waals surface area contributed by atoms with Gasteiger partial charge in [-0.1, -0.05) is 17.7 Å². The third-order valence-corrected chi connectivity index (χ3v) is 7.12. The maximum Gasteiger partial charge on any atom is 0.261 e. The molecule has 1 aliphatic rings. The van der Waals surface area contributed by atoms with Gasteiger partial charge in [0.2, 0.25) is 0 Å². The van der Waals surface area contributed by atoms with Crippen LogP contribution in [0.4, 0.5) is 17.1 Å². The summed E-state index contributed by atoms with van der Waals surface area (Å²) < 4.78 is 27.6. The fraction of sp³-hybridized carbons (Fsp3) is 0.240. The summed E-state index contributed by atoms with van der Waals surface area (Å²) in [4.78, 5) is 17.5. The fourth-order valence-corrected chi connectivity index (χ4v) is 4.70. The first-order valence-corrected chi connectivity index (χ1v) is 12.3. The molecular weight excluding hydrogens is 436 g/mol. The van der Waals surface area contributed by atoms with Crippen LogP contribution in [-0.2, 0) is 10.0 Å². The molecule has 3 aromatic rings. The van der Waals surface area contributed by atoms with Crippen LogP contribution in [0.2, 0.25) is 0 Å².